The van der Waals surface area contributed by atoms with Gasteiger partial charge in [-0.05, 0) is 37.5 Å². The van der Waals surface area contributed by atoms with E-state index in [4.69, 9.17) is 9.84 Å². The lowest BCUT2D eigenvalue weighted by Crippen LogP contribution is -2.30. The summed E-state index contributed by atoms with van der Waals surface area (Å²) in [7, 11) is 0. The fourth-order valence-corrected chi connectivity index (χ4v) is 3.98. The summed E-state index contributed by atoms with van der Waals surface area (Å²) in [6, 6.07) is 2.61. The zero-order valence-corrected chi connectivity index (χ0v) is 16.9. The number of rotatable bonds is 7. The van der Waals surface area contributed by atoms with Crippen molar-refractivity contribution in [2.45, 2.75) is 26.4 Å². The Hall–Kier alpha value is -3.20. The van der Waals surface area contributed by atoms with Gasteiger partial charge < -0.3 is 15.2 Å². The molecular weight excluding hydrogens is 406 g/mol. The highest BCUT2D eigenvalue weighted by molar-refractivity contribution is 5.94. The molecule has 0 aromatic carbocycles. The van der Waals surface area contributed by atoms with Crippen LogP contribution in [0, 0.1) is 30.0 Å². The Bertz CT molecular complexity index is 1040. The van der Waals surface area contributed by atoms with Crippen LogP contribution in [0.3, 0.4) is 0 Å². The Balaban J connectivity index is 1.51. The average Bonchev–Trinajstić information content (AvgIpc) is 3.50. The van der Waals surface area contributed by atoms with Gasteiger partial charge in [-0.1, -0.05) is 12.2 Å². The van der Waals surface area contributed by atoms with Crippen LogP contribution in [0.25, 0.3) is 0 Å². The van der Waals surface area contributed by atoms with E-state index >= 15 is 0 Å². The summed E-state index contributed by atoms with van der Waals surface area (Å²) < 4.78 is 33.0. The van der Waals surface area contributed by atoms with Gasteiger partial charge in [-0.25, -0.2) is 23.7 Å². The average molecular weight is 428 g/mol. The highest BCUT2D eigenvalue weighted by Gasteiger charge is 2.62. The fourth-order valence-electron chi connectivity index (χ4n) is 3.98. The number of halogens is 2. The van der Waals surface area contributed by atoms with Crippen LogP contribution < -0.4 is 10.1 Å². The molecule has 0 bridgehead atoms. The number of amides is 1. The first kappa shape index (κ1) is 21.0. The molecule has 0 spiro atoms. The van der Waals surface area contributed by atoms with Gasteiger partial charge in [0.05, 0.1) is 24.7 Å². The summed E-state index contributed by atoms with van der Waals surface area (Å²) in [5, 5.41) is 11.9. The smallest absolute Gasteiger partial charge is 0.229 e. The Kier molecular flexibility index (Phi) is 5.77. The van der Waals surface area contributed by atoms with Crippen molar-refractivity contribution in [2.75, 3.05) is 11.9 Å². The van der Waals surface area contributed by atoms with Gasteiger partial charge >= 0.3 is 0 Å². The lowest BCUT2D eigenvalue weighted by molar-refractivity contribution is -0.118. The molecule has 2 aromatic heterocycles. The number of aliphatic hydroxyl groups is 1. The Morgan fingerprint density at radius 1 is 1.32 bits per heavy atom. The number of nitrogens with zero attached hydrogens (tertiary/aromatic N) is 3. The van der Waals surface area contributed by atoms with Gasteiger partial charge in [0.1, 0.15) is 24.1 Å². The van der Waals surface area contributed by atoms with Crippen molar-refractivity contribution in [3.8, 4) is 5.75 Å². The molecule has 2 aliphatic rings. The zero-order valence-electron chi connectivity index (χ0n) is 16.9. The van der Waals surface area contributed by atoms with E-state index in [1.165, 1.54) is 24.4 Å². The molecule has 2 N–H and O–H groups in total. The number of aryl methyl sites for hydroxylation is 1. The molecule has 1 unspecified atom stereocenters. The molecule has 7 nitrogen and oxygen atoms in total. The number of allylic oxidation sites excluding steroid dienone is 4. The standard InChI is InChI=1S/C22H22F2N4O3/c1-13-18(10-26-20(11-29)27-13)31-12-22(14-3-2-4-15(23)7-14)8-17(22)21(30)28-19-6-5-16(24)9-25-19/h2-6,9-10,14,17,29H,7-8,11-12H2,1H3,(H,25,28,30)/t14?,17-,22+/m0/s1. The first-order chi connectivity index (χ1) is 14.9. The van der Waals surface area contributed by atoms with E-state index in [2.05, 4.69) is 20.3 Å². The number of hydrogen-bond donors (Lipinski definition) is 2. The second-order valence-corrected chi connectivity index (χ2v) is 7.83. The van der Waals surface area contributed by atoms with Crippen LogP contribution >= 0.6 is 0 Å². The van der Waals surface area contributed by atoms with Crippen LogP contribution in [-0.2, 0) is 11.4 Å². The minimum absolute atomic E-state index is 0.174. The number of hydrogen-bond acceptors (Lipinski definition) is 6. The predicted octanol–water partition coefficient (Wildman–Crippen LogP) is 3.26. The molecule has 3 atom stereocenters. The molecule has 4 rings (SSSR count). The van der Waals surface area contributed by atoms with Crippen LogP contribution in [0.4, 0.5) is 14.6 Å². The van der Waals surface area contributed by atoms with Gasteiger partial charge in [0.2, 0.25) is 5.91 Å². The lowest BCUT2D eigenvalue weighted by Gasteiger charge is -2.27. The predicted molar refractivity (Wildman–Crippen MR) is 108 cm³/mol. The summed E-state index contributed by atoms with van der Waals surface area (Å²) in [6.07, 6.45) is 8.18. The monoisotopic (exact) mass is 428 g/mol. The SMILES string of the molecule is Cc1nc(CO)ncc1OC[C@@]1(C2C=CC=C(F)C2)C[C@H]1C(=O)Nc1ccc(F)cn1. The lowest BCUT2D eigenvalue weighted by atomic mass is 9.82. The van der Waals surface area contributed by atoms with Crippen LogP contribution in [-0.4, -0.2) is 32.6 Å². The summed E-state index contributed by atoms with van der Waals surface area (Å²) in [5.74, 6) is -0.658. The van der Waals surface area contributed by atoms with Gasteiger partial charge in [-0.15, -0.1) is 0 Å². The van der Waals surface area contributed by atoms with Crippen molar-refractivity contribution in [1.29, 1.82) is 0 Å². The number of ether oxygens (including phenoxy) is 1. The van der Waals surface area contributed by atoms with E-state index < -0.39 is 17.2 Å². The van der Waals surface area contributed by atoms with E-state index in [1.807, 2.05) is 6.08 Å². The molecule has 162 valence electrons. The molecule has 0 saturated heterocycles. The van der Waals surface area contributed by atoms with Crippen LogP contribution in [0.15, 0.2) is 48.6 Å². The normalized spacial score (nSPS) is 24.5. The van der Waals surface area contributed by atoms with Crippen molar-refractivity contribution in [1.82, 2.24) is 15.0 Å². The molecule has 2 heterocycles. The minimum Gasteiger partial charge on any atom is -0.489 e. The zero-order chi connectivity index (χ0) is 22.0. The highest BCUT2D eigenvalue weighted by atomic mass is 19.1. The van der Waals surface area contributed by atoms with Gasteiger partial charge in [0.25, 0.3) is 0 Å². The largest absolute Gasteiger partial charge is 0.489 e. The van der Waals surface area contributed by atoms with Crippen molar-refractivity contribution < 1.29 is 23.4 Å². The third kappa shape index (κ3) is 4.46. The van der Waals surface area contributed by atoms with Crippen LogP contribution in [0.1, 0.15) is 24.4 Å². The summed E-state index contributed by atoms with van der Waals surface area (Å²) >= 11 is 0. The van der Waals surface area contributed by atoms with E-state index in [0.29, 0.717) is 17.9 Å². The number of pyridine rings is 1. The molecule has 2 aliphatic carbocycles. The Morgan fingerprint density at radius 2 is 2.16 bits per heavy atom. The third-order valence-electron chi connectivity index (χ3n) is 5.81. The van der Waals surface area contributed by atoms with Crippen molar-refractivity contribution in [2.24, 2.45) is 17.3 Å². The summed E-state index contributed by atoms with van der Waals surface area (Å²) in [5.41, 5.74) is -0.0366. The topological polar surface area (TPSA) is 97.2 Å². The highest BCUT2D eigenvalue weighted by Crippen LogP contribution is 2.60. The maximum absolute atomic E-state index is 14.0. The first-order valence-electron chi connectivity index (χ1n) is 9.93. The molecule has 2 aromatic rings. The molecule has 1 fully saturated rings. The van der Waals surface area contributed by atoms with E-state index in [0.717, 1.165) is 6.20 Å². The Morgan fingerprint density at radius 3 is 2.84 bits per heavy atom. The maximum Gasteiger partial charge on any atom is 0.229 e. The van der Waals surface area contributed by atoms with Gasteiger partial charge in [-0.3, -0.25) is 4.79 Å². The van der Waals surface area contributed by atoms with Crippen LogP contribution in [0.5, 0.6) is 5.75 Å². The second-order valence-electron chi connectivity index (χ2n) is 7.83. The van der Waals surface area contributed by atoms with E-state index in [-0.39, 0.29) is 48.9 Å². The van der Waals surface area contributed by atoms with Gasteiger partial charge in [0, 0.05) is 17.8 Å². The minimum atomic E-state index is -0.603. The third-order valence-corrected chi connectivity index (χ3v) is 5.81. The van der Waals surface area contributed by atoms with Crippen molar-refractivity contribution in [3.63, 3.8) is 0 Å². The maximum atomic E-state index is 14.0. The number of aliphatic hydroxyl groups excluding tert-OH is 1. The molecule has 9 heteroatoms. The number of aromatic nitrogens is 3. The number of nitrogens with one attached hydrogen (secondary N) is 1. The fraction of sp³-hybridized carbons (Fsp3) is 0.364. The second kappa shape index (κ2) is 8.50. The first-order valence-corrected chi connectivity index (χ1v) is 9.93. The molecule has 1 amide bonds. The van der Waals surface area contributed by atoms with E-state index in [1.54, 1.807) is 13.0 Å². The molecule has 0 aliphatic heterocycles. The number of carbonyl (C=O) groups excluding carboxylic acids is 1. The molecule has 1 saturated carbocycles. The number of carbonyl (C=O) groups is 1. The quantitative estimate of drug-likeness (QED) is 0.703. The van der Waals surface area contributed by atoms with Crippen molar-refractivity contribution >= 4 is 11.7 Å². The Labute approximate surface area is 177 Å². The van der Waals surface area contributed by atoms with Crippen molar-refractivity contribution in [3.05, 3.63) is 65.9 Å². The van der Waals surface area contributed by atoms with E-state index in [9.17, 15) is 13.6 Å². The van der Waals surface area contributed by atoms with Crippen LogP contribution in [0.2, 0.25) is 0 Å². The van der Waals surface area contributed by atoms with Gasteiger partial charge in [-0.2, -0.15) is 0 Å². The summed E-state index contributed by atoms with van der Waals surface area (Å²) in [4.78, 5) is 24.9. The molecule has 0 radical (unpaired) electrons. The van der Waals surface area contributed by atoms with Gasteiger partial charge in [0.15, 0.2) is 11.6 Å². The number of anilines is 1. The molecular formula is C22H22F2N4O3. The molecule has 31 heavy (non-hydrogen) atoms. The summed E-state index contributed by atoms with van der Waals surface area (Å²) in [6.45, 7) is 1.64.